The second-order valence-electron chi connectivity index (χ2n) is 5.08. The SMILES string of the molecule is CCOC(=O)N1CCN(C(C(N)=O)c2ccc(F)cc2)CC1. The maximum Gasteiger partial charge on any atom is 0.409 e. The molecule has 0 bridgehead atoms. The molecule has 0 aliphatic carbocycles. The van der Waals surface area contributed by atoms with Gasteiger partial charge in [0.1, 0.15) is 11.9 Å². The Balaban J connectivity index is 2.04. The molecule has 1 fully saturated rings. The van der Waals surface area contributed by atoms with Crippen LogP contribution in [0.15, 0.2) is 24.3 Å². The fourth-order valence-corrected chi connectivity index (χ4v) is 2.58. The van der Waals surface area contributed by atoms with E-state index in [4.69, 9.17) is 10.5 Å². The predicted octanol–water partition coefficient (Wildman–Crippen LogP) is 1.13. The molecule has 0 saturated carbocycles. The van der Waals surface area contributed by atoms with Gasteiger partial charge in [0.2, 0.25) is 5.91 Å². The zero-order chi connectivity index (χ0) is 16.1. The number of nitrogens with two attached hydrogens (primary N) is 1. The molecule has 1 aromatic carbocycles. The zero-order valence-electron chi connectivity index (χ0n) is 12.5. The smallest absolute Gasteiger partial charge is 0.409 e. The van der Waals surface area contributed by atoms with Crippen molar-refractivity contribution in [1.29, 1.82) is 0 Å². The van der Waals surface area contributed by atoms with Gasteiger partial charge < -0.3 is 15.4 Å². The van der Waals surface area contributed by atoms with Crippen LogP contribution in [0.4, 0.5) is 9.18 Å². The number of benzene rings is 1. The van der Waals surface area contributed by atoms with Gasteiger partial charge >= 0.3 is 6.09 Å². The lowest BCUT2D eigenvalue weighted by Crippen LogP contribution is -2.52. The summed E-state index contributed by atoms with van der Waals surface area (Å²) in [5, 5.41) is 0. The quantitative estimate of drug-likeness (QED) is 0.904. The molecule has 7 heteroatoms. The average Bonchev–Trinajstić information content (AvgIpc) is 2.50. The first kappa shape index (κ1) is 16.2. The summed E-state index contributed by atoms with van der Waals surface area (Å²) in [6.07, 6.45) is -0.348. The van der Waals surface area contributed by atoms with Crippen LogP contribution in [0, 0.1) is 5.82 Å². The summed E-state index contributed by atoms with van der Waals surface area (Å²) in [7, 11) is 0. The van der Waals surface area contributed by atoms with Gasteiger partial charge in [-0.15, -0.1) is 0 Å². The highest BCUT2D eigenvalue weighted by atomic mass is 19.1. The van der Waals surface area contributed by atoms with Crippen molar-refractivity contribution in [3.63, 3.8) is 0 Å². The van der Waals surface area contributed by atoms with Crippen molar-refractivity contribution in [2.45, 2.75) is 13.0 Å². The molecule has 1 aliphatic rings. The highest BCUT2D eigenvalue weighted by Gasteiger charge is 2.30. The summed E-state index contributed by atoms with van der Waals surface area (Å²) in [6, 6.07) is 5.11. The molecule has 2 N–H and O–H groups in total. The van der Waals surface area contributed by atoms with Gasteiger partial charge in [-0.05, 0) is 24.6 Å². The van der Waals surface area contributed by atoms with Gasteiger partial charge in [0, 0.05) is 26.2 Å². The van der Waals surface area contributed by atoms with Crippen LogP contribution in [0.3, 0.4) is 0 Å². The Morgan fingerprint density at radius 3 is 2.32 bits per heavy atom. The molecule has 0 aromatic heterocycles. The monoisotopic (exact) mass is 309 g/mol. The van der Waals surface area contributed by atoms with Crippen molar-refractivity contribution < 1.29 is 18.7 Å². The third kappa shape index (κ3) is 3.73. The van der Waals surface area contributed by atoms with Gasteiger partial charge in [0.05, 0.1) is 6.61 Å². The Morgan fingerprint density at radius 2 is 1.82 bits per heavy atom. The van der Waals surface area contributed by atoms with Gasteiger partial charge in [0.15, 0.2) is 0 Å². The van der Waals surface area contributed by atoms with Crippen molar-refractivity contribution in [2.24, 2.45) is 5.73 Å². The number of hydrogen-bond donors (Lipinski definition) is 1. The van der Waals surface area contributed by atoms with E-state index in [1.54, 1.807) is 24.0 Å². The van der Waals surface area contributed by atoms with E-state index in [1.807, 2.05) is 4.90 Å². The summed E-state index contributed by atoms with van der Waals surface area (Å²) in [6.45, 7) is 4.02. The minimum atomic E-state index is -0.620. The minimum absolute atomic E-state index is 0.332. The van der Waals surface area contributed by atoms with Crippen LogP contribution in [0.2, 0.25) is 0 Å². The summed E-state index contributed by atoms with van der Waals surface area (Å²) in [5.74, 6) is -0.852. The van der Waals surface area contributed by atoms with Crippen LogP contribution in [0.1, 0.15) is 18.5 Å². The number of carbonyl (C=O) groups excluding carboxylic acids is 2. The summed E-state index contributed by atoms with van der Waals surface area (Å²) in [4.78, 5) is 26.9. The second kappa shape index (κ2) is 7.22. The van der Waals surface area contributed by atoms with E-state index >= 15 is 0 Å². The Labute approximate surface area is 128 Å². The van der Waals surface area contributed by atoms with Crippen molar-refractivity contribution in [1.82, 2.24) is 9.80 Å². The average molecular weight is 309 g/mol. The summed E-state index contributed by atoms with van der Waals surface area (Å²) < 4.78 is 18.0. The number of primary amides is 1. The lowest BCUT2D eigenvalue weighted by Gasteiger charge is -2.37. The van der Waals surface area contributed by atoms with E-state index in [9.17, 15) is 14.0 Å². The molecular formula is C15H20FN3O3. The molecule has 1 atom stereocenters. The predicted molar refractivity (Wildman–Crippen MR) is 78.5 cm³/mol. The normalized spacial score (nSPS) is 17.1. The number of halogens is 1. The first-order valence-electron chi connectivity index (χ1n) is 7.23. The molecule has 1 saturated heterocycles. The number of amides is 2. The maximum absolute atomic E-state index is 13.0. The second-order valence-corrected chi connectivity index (χ2v) is 5.08. The summed E-state index contributed by atoms with van der Waals surface area (Å²) in [5.41, 5.74) is 6.15. The van der Waals surface area contributed by atoms with Gasteiger partial charge in [-0.3, -0.25) is 9.69 Å². The molecular weight excluding hydrogens is 289 g/mol. The number of piperazine rings is 1. The molecule has 6 nitrogen and oxygen atoms in total. The van der Waals surface area contributed by atoms with Gasteiger partial charge in [0.25, 0.3) is 0 Å². The van der Waals surface area contributed by atoms with Gasteiger partial charge in [-0.2, -0.15) is 0 Å². The number of carbonyl (C=O) groups is 2. The van der Waals surface area contributed by atoms with Crippen LogP contribution < -0.4 is 5.73 Å². The topological polar surface area (TPSA) is 75.9 Å². The number of hydrogen-bond acceptors (Lipinski definition) is 4. The first-order chi connectivity index (χ1) is 10.5. The maximum atomic E-state index is 13.0. The molecule has 0 radical (unpaired) electrons. The lowest BCUT2D eigenvalue weighted by molar-refractivity contribution is -0.124. The highest BCUT2D eigenvalue weighted by molar-refractivity contribution is 5.81. The fraction of sp³-hybridized carbons (Fsp3) is 0.467. The van der Waals surface area contributed by atoms with Crippen LogP contribution in [0.25, 0.3) is 0 Å². The third-order valence-corrected chi connectivity index (χ3v) is 3.66. The molecule has 0 spiro atoms. The van der Waals surface area contributed by atoms with Gasteiger partial charge in [-0.25, -0.2) is 9.18 Å². The molecule has 1 heterocycles. The van der Waals surface area contributed by atoms with E-state index in [1.165, 1.54) is 12.1 Å². The van der Waals surface area contributed by atoms with Crippen LogP contribution in [0.5, 0.6) is 0 Å². The Hall–Kier alpha value is -2.15. The molecule has 1 unspecified atom stereocenters. The molecule has 22 heavy (non-hydrogen) atoms. The number of nitrogens with zero attached hydrogens (tertiary/aromatic N) is 2. The molecule has 1 aromatic rings. The first-order valence-corrected chi connectivity index (χ1v) is 7.23. The Bertz CT molecular complexity index is 527. The molecule has 2 amide bonds. The third-order valence-electron chi connectivity index (χ3n) is 3.66. The van der Waals surface area contributed by atoms with Gasteiger partial charge in [-0.1, -0.05) is 12.1 Å². The van der Waals surface area contributed by atoms with Crippen molar-refractivity contribution in [2.75, 3.05) is 32.8 Å². The van der Waals surface area contributed by atoms with Crippen LogP contribution >= 0.6 is 0 Å². The van der Waals surface area contributed by atoms with Crippen molar-refractivity contribution >= 4 is 12.0 Å². The van der Waals surface area contributed by atoms with Crippen LogP contribution in [-0.4, -0.2) is 54.6 Å². The van der Waals surface area contributed by atoms with Crippen molar-refractivity contribution in [3.8, 4) is 0 Å². The summed E-state index contributed by atoms with van der Waals surface area (Å²) >= 11 is 0. The Morgan fingerprint density at radius 1 is 1.23 bits per heavy atom. The lowest BCUT2D eigenvalue weighted by atomic mass is 10.0. The van der Waals surface area contributed by atoms with Crippen molar-refractivity contribution in [3.05, 3.63) is 35.6 Å². The molecule has 1 aliphatic heterocycles. The van der Waals surface area contributed by atoms with Crippen LogP contribution in [-0.2, 0) is 9.53 Å². The largest absolute Gasteiger partial charge is 0.450 e. The molecule has 120 valence electrons. The van der Waals surface area contributed by atoms with E-state index < -0.39 is 11.9 Å². The van der Waals surface area contributed by atoms with E-state index in [0.717, 1.165) is 0 Å². The minimum Gasteiger partial charge on any atom is -0.450 e. The number of ether oxygens (including phenoxy) is 1. The van der Waals surface area contributed by atoms with E-state index in [0.29, 0.717) is 38.3 Å². The molecule has 2 rings (SSSR count). The standard InChI is InChI=1S/C15H20FN3O3/c1-2-22-15(21)19-9-7-18(8-10-19)13(14(17)20)11-3-5-12(16)6-4-11/h3-6,13H,2,7-10H2,1H3,(H2,17,20). The Kier molecular flexibility index (Phi) is 5.32. The highest BCUT2D eigenvalue weighted by Crippen LogP contribution is 2.22. The van der Waals surface area contributed by atoms with E-state index in [2.05, 4.69) is 0 Å². The van der Waals surface area contributed by atoms with E-state index in [-0.39, 0.29) is 11.9 Å². The fourth-order valence-electron chi connectivity index (χ4n) is 2.58. The number of rotatable bonds is 4. The zero-order valence-corrected chi connectivity index (χ0v) is 12.5.